The lowest BCUT2D eigenvalue weighted by atomic mass is 9.57. The first kappa shape index (κ1) is 19.6. The fraction of sp³-hybridized carbons (Fsp3) is 0.455. The topological polar surface area (TPSA) is 131 Å². The van der Waals surface area contributed by atoms with Crippen molar-refractivity contribution in [2.24, 2.45) is 29.6 Å². The van der Waals surface area contributed by atoms with Gasteiger partial charge in [0.1, 0.15) is 0 Å². The smallest absolute Gasteiger partial charge is 0.231 e. The minimum atomic E-state index is -0.648. The summed E-state index contributed by atoms with van der Waals surface area (Å²) in [5, 5.41) is 15.2. The molecule has 9 nitrogen and oxygen atoms in total. The molecule has 6 atom stereocenters. The Morgan fingerprint density at radius 3 is 2.03 bits per heavy atom. The van der Waals surface area contributed by atoms with Crippen LogP contribution in [0.15, 0.2) is 23.8 Å². The number of carbonyl (C=O) groups is 4. The second-order valence-corrected chi connectivity index (χ2v) is 8.51. The molecule has 2 aliphatic carbocycles. The van der Waals surface area contributed by atoms with Crippen LogP contribution in [0.2, 0.25) is 0 Å². The van der Waals surface area contributed by atoms with Gasteiger partial charge in [0.15, 0.2) is 11.5 Å². The van der Waals surface area contributed by atoms with Gasteiger partial charge in [-0.2, -0.15) is 0 Å². The standard InChI is InChI=1S/C22H22N2O7/c1-30-13-5-8(6-14(31-2)18(13)25)15-9-3-4-10-16(21(28)23-19(10)26)11(9)7-12-17(15)22(29)24-20(12)27/h3,5-6,10-12,15-17,25H,4,7H2,1-2H3,(H,23,26,28)(H,24,27,29). The lowest BCUT2D eigenvalue weighted by molar-refractivity contribution is -0.128. The third-order valence-electron chi connectivity index (χ3n) is 7.20. The number of hydrogen-bond donors (Lipinski definition) is 3. The van der Waals surface area contributed by atoms with Crippen LogP contribution < -0.4 is 20.1 Å². The van der Waals surface area contributed by atoms with Crippen LogP contribution in [0.5, 0.6) is 17.2 Å². The predicted molar refractivity (Wildman–Crippen MR) is 105 cm³/mol. The Hall–Kier alpha value is -3.36. The zero-order chi connectivity index (χ0) is 22.0. The molecule has 0 radical (unpaired) electrons. The summed E-state index contributed by atoms with van der Waals surface area (Å²) in [5.41, 5.74) is 1.51. The Labute approximate surface area is 177 Å². The maximum atomic E-state index is 12.8. The highest BCUT2D eigenvalue weighted by Gasteiger charge is 2.58. The molecule has 1 saturated carbocycles. The number of hydrogen-bond acceptors (Lipinski definition) is 7. The molecule has 3 N–H and O–H groups in total. The number of phenolic OH excluding ortho intramolecular Hbond substituents is 1. The van der Waals surface area contributed by atoms with Crippen LogP contribution in [0.1, 0.15) is 24.3 Å². The van der Waals surface area contributed by atoms with E-state index in [9.17, 15) is 24.3 Å². The van der Waals surface area contributed by atoms with Crippen molar-refractivity contribution < 1.29 is 33.8 Å². The summed E-state index contributed by atoms with van der Waals surface area (Å²) in [4.78, 5) is 50.2. The Bertz CT molecular complexity index is 1040. The van der Waals surface area contributed by atoms with Crippen molar-refractivity contribution in [3.8, 4) is 17.2 Å². The van der Waals surface area contributed by atoms with E-state index < -0.39 is 29.6 Å². The van der Waals surface area contributed by atoms with Gasteiger partial charge >= 0.3 is 0 Å². The van der Waals surface area contributed by atoms with Crippen molar-refractivity contribution in [2.45, 2.75) is 18.8 Å². The fourth-order valence-corrected chi connectivity index (χ4v) is 5.88. The number of methoxy groups -OCH3 is 2. The molecule has 31 heavy (non-hydrogen) atoms. The lowest BCUT2D eigenvalue weighted by Crippen LogP contribution is -2.42. The predicted octanol–water partition coefficient (Wildman–Crippen LogP) is 0.621. The summed E-state index contributed by atoms with van der Waals surface area (Å²) in [7, 11) is 2.82. The van der Waals surface area contributed by atoms with Gasteiger partial charge in [-0.25, -0.2) is 0 Å². The SMILES string of the molecule is COc1cc(C2C3=CCC4C(=O)NC(=O)C4C3CC3C(=O)NC(=O)C32)cc(OC)c1O. The summed E-state index contributed by atoms with van der Waals surface area (Å²) in [6.07, 6.45) is 2.66. The van der Waals surface area contributed by atoms with Gasteiger partial charge < -0.3 is 14.6 Å². The molecule has 0 spiro atoms. The van der Waals surface area contributed by atoms with Crippen LogP contribution in [0.25, 0.3) is 0 Å². The number of aromatic hydroxyl groups is 1. The molecule has 5 rings (SSSR count). The van der Waals surface area contributed by atoms with E-state index in [2.05, 4.69) is 10.6 Å². The highest BCUT2D eigenvalue weighted by molar-refractivity contribution is 6.07. The van der Waals surface area contributed by atoms with Crippen LogP contribution in [0, 0.1) is 29.6 Å². The second-order valence-electron chi connectivity index (χ2n) is 8.51. The van der Waals surface area contributed by atoms with E-state index in [0.29, 0.717) is 18.4 Å². The number of rotatable bonds is 3. The maximum Gasteiger partial charge on any atom is 0.231 e. The molecule has 2 saturated heterocycles. The van der Waals surface area contributed by atoms with Crippen molar-refractivity contribution in [3.63, 3.8) is 0 Å². The van der Waals surface area contributed by atoms with Crippen molar-refractivity contribution >= 4 is 23.6 Å². The third kappa shape index (κ3) is 2.68. The number of phenols is 1. The summed E-state index contributed by atoms with van der Waals surface area (Å²) in [6, 6.07) is 3.26. The van der Waals surface area contributed by atoms with E-state index in [1.165, 1.54) is 14.2 Å². The van der Waals surface area contributed by atoms with Crippen LogP contribution in [0.3, 0.4) is 0 Å². The number of benzene rings is 1. The molecular formula is C22H22N2O7. The third-order valence-corrected chi connectivity index (χ3v) is 7.20. The van der Waals surface area contributed by atoms with E-state index in [0.717, 1.165) is 5.57 Å². The van der Waals surface area contributed by atoms with E-state index in [-0.39, 0.29) is 46.8 Å². The number of ether oxygens (including phenoxy) is 2. The first-order valence-corrected chi connectivity index (χ1v) is 10.2. The number of amides is 4. The van der Waals surface area contributed by atoms with E-state index in [4.69, 9.17) is 9.47 Å². The van der Waals surface area contributed by atoms with Gasteiger partial charge in [-0.3, -0.25) is 29.8 Å². The normalized spacial score (nSPS) is 33.7. The Kier molecular flexibility index (Phi) is 4.32. The minimum absolute atomic E-state index is 0.164. The average Bonchev–Trinajstić information content (AvgIpc) is 3.21. The molecule has 1 aromatic rings. The van der Waals surface area contributed by atoms with E-state index in [1.807, 2.05) is 6.08 Å². The molecule has 3 fully saturated rings. The fourth-order valence-electron chi connectivity index (χ4n) is 5.88. The maximum absolute atomic E-state index is 12.8. The Morgan fingerprint density at radius 2 is 1.42 bits per heavy atom. The Morgan fingerprint density at radius 1 is 0.839 bits per heavy atom. The molecule has 2 heterocycles. The number of carbonyl (C=O) groups excluding carboxylic acids is 4. The highest BCUT2D eigenvalue weighted by Crippen LogP contribution is 2.57. The first-order valence-electron chi connectivity index (χ1n) is 10.2. The van der Waals surface area contributed by atoms with Gasteiger partial charge in [-0.15, -0.1) is 0 Å². The zero-order valence-corrected chi connectivity index (χ0v) is 17.0. The summed E-state index contributed by atoms with van der Waals surface area (Å²) in [6.45, 7) is 0. The zero-order valence-electron chi connectivity index (χ0n) is 17.0. The van der Waals surface area contributed by atoms with Crippen LogP contribution in [-0.4, -0.2) is 43.0 Å². The second kappa shape index (κ2) is 6.83. The molecule has 162 valence electrons. The molecule has 4 aliphatic rings. The molecule has 0 bridgehead atoms. The van der Waals surface area contributed by atoms with Crippen LogP contribution in [-0.2, 0) is 19.2 Å². The highest BCUT2D eigenvalue weighted by atomic mass is 16.5. The number of nitrogens with one attached hydrogen (secondary N) is 2. The van der Waals surface area contributed by atoms with Crippen molar-refractivity contribution in [1.29, 1.82) is 0 Å². The number of fused-ring (bicyclic) bond motifs is 4. The van der Waals surface area contributed by atoms with Gasteiger partial charge in [0, 0.05) is 5.92 Å². The lowest BCUT2D eigenvalue weighted by Gasteiger charge is -2.44. The van der Waals surface area contributed by atoms with Crippen molar-refractivity contribution in [2.75, 3.05) is 14.2 Å². The molecule has 0 aromatic heterocycles. The molecule has 6 unspecified atom stereocenters. The number of imide groups is 2. The minimum Gasteiger partial charge on any atom is -0.502 e. The largest absolute Gasteiger partial charge is 0.502 e. The molecule has 4 amide bonds. The quantitative estimate of drug-likeness (QED) is 0.477. The average molecular weight is 426 g/mol. The van der Waals surface area contributed by atoms with Gasteiger partial charge in [0.05, 0.1) is 37.9 Å². The number of allylic oxidation sites excluding steroid dienone is 2. The van der Waals surface area contributed by atoms with Gasteiger partial charge in [0.2, 0.25) is 29.4 Å². The summed E-state index contributed by atoms with van der Waals surface area (Å²) >= 11 is 0. The molecule has 1 aromatic carbocycles. The summed E-state index contributed by atoms with van der Waals surface area (Å²) < 4.78 is 10.6. The van der Waals surface area contributed by atoms with Gasteiger partial charge in [-0.05, 0) is 36.5 Å². The van der Waals surface area contributed by atoms with Gasteiger partial charge in [-0.1, -0.05) is 11.6 Å². The van der Waals surface area contributed by atoms with Crippen LogP contribution >= 0.6 is 0 Å². The van der Waals surface area contributed by atoms with Gasteiger partial charge in [0.25, 0.3) is 0 Å². The van der Waals surface area contributed by atoms with Crippen molar-refractivity contribution in [3.05, 3.63) is 29.3 Å². The van der Waals surface area contributed by atoms with E-state index >= 15 is 0 Å². The first-order chi connectivity index (χ1) is 14.8. The summed E-state index contributed by atoms with van der Waals surface area (Å²) in [5.74, 6) is -4.24. The van der Waals surface area contributed by atoms with Crippen molar-refractivity contribution in [1.82, 2.24) is 10.6 Å². The molecular weight excluding hydrogens is 404 g/mol. The van der Waals surface area contributed by atoms with Crippen LogP contribution in [0.4, 0.5) is 0 Å². The molecule has 9 heteroatoms. The van der Waals surface area contributed by atoms with E-state index in [1.54, 1.807) is 12.1 Å². The Balaban J connectivity index is 1.68. The molecule has 2 aliphatic heterocycles. The monoisotopic (exact) mass is 426 g/mol.